The highest BCUT2D eigenvalue weighted by Crippen LogP contribution is 2.36. The molecule has 0 saturated heterocycles. The Balaban J connectivity index is 1.61. The van der Waals surface area contributed by atoms with Gasteiger partial charge in [-0.25, -0.2) is 4.39 Å². The Hall–Kier alpha value is -1.99. The lowest BCUT2D eigenvalue weighted by Gasteiger charge is -2.25. The van der Waals surface area contributed by atoms with Crippen LogP contribution >= 0.6 is 27.7 Å². The zero-order valence-corrected chi connectivity index (χ0v) is 18.3. The maximum Gasteiger partial charge on any atom is 0.192 e. The van der Waals surface area contributed by atoms with Gasteiger partial charge in [0.15, 0.2) is 16.8 Å². The zero-order valence-electron chi connectivity index (χ0n) is 15.9. The number of thioether (sulfide) groups is 1. The highest BCUT2D eigenvalue weighted by atomic mass is 79.9. The number of aromatic nitrogens is 3. The number of carbonyl (C=O) groups excluding carboxylic acids is 1. The molecule has 4 nitrogen and oxygen atoms in total. The lowest BCUT2D eigenvalue weighted by atomic mass is 9.95. The van der Waals surface area contributed by atoms with E-state index in [1.807, 2.05) is 30.3 Å². The number of benzene rings is 2. The van der Waals surface area contributed by atoms with E-state index in [1.54, 1.807) is 12.1 Å². The van der Waals surface area contributed by atoms with Gasteiger partial charge in [0.2, 0.25) is 0 Å². The minimum atomic E-state index is -0.306. The molecule has 4 rings (SSSR count). The summed E-state index contributed by atoms with van der Waals surface area (Å²) in [5.41, 5.74) is 1.12. The van der Waals surface area contributed by atoms with Crippen molar-refractivity contribution in [3.63, 3.8) is 0 Å². The van der Waals surface area contributed by atoms with Crippen LogP contribution in [-0.2, 0) is 0 Å². The van der Waals surface area contributed by atoms with Crippen molar-refractivity contribution in [3.05, 3.63) is 64.4 Å². The minimum absolute atomic E-state index is 0.0353. The molecule has 1 heterocycles. The average Bonchev–Trinajstić information content (AvgIpc) is 3.17. The van der Waals surface area contributed by atoms with Crippen LogP contribution in [0.15, 0.2) is 58.2 Å². The molecular formula is C22H21BrFN3OS. The fourth-order valence-corrected chi connectivity index (χ4v) is 4.88. The zero-order chi connectivity index (χ0) is 20.2. The summed E-state index contributed by atoms with van der Waals surface area (Å²) in [7, 11) is 0. The van der Waals surface area contributed by atoms with E-state index in [-0.39, 0.29) is 23.4 Å². The summed E-state index contributed by atoms with van der Waals surface area (Å²) in [6, 6.07) is 14.2. The van der Waals surface area contributed by atoms with E-state index >= 15 is 0 Å². The molecule has 7 heteroatoms. The topological polar surface area (TPSA) is 47.8 Å². The van der Waals surface area contributed by atoms with Gasteiger partial charge in [0, 0.05) is 16.1 Å². The predicted octanol–water partition coefficient (Wildman–Crippen LogP) is 6.33. The van der Waals surface area contributed by atoms with Crippen LogP contribution in [0, 0.1) is 5.82 Å². The molecule has 1 aliphatic rings. The van der Waals surface area contributed by atoms with Crippen LogP contribution in [0.5, 0.6) is 0 Å². The van der Waals surface area contributed by atoms with Crippen molar-refractivity contribution < 1.29 is 9.18 Å². The van der Waals surface area contributed by atoms with E-state index in [2.05, 4.69) is 30.7 Å². The first kappa shape index (κ1) is 20.3. The number of nitrogens with zero attached hydrogens (tertiary/aromatic N) is 3. The fraction of sp³-hybridized carbons (Fsp3) is 0.318. The van der Waals surface area contributed by atoms with E-state index in [0.29, 0.717) is 22.1 Å². The van der Waals surface area contributed by atoms with E-state index in [9.17, 15) is 9.18 Å². The first-order valence-corrected chi connectivity index (χ1v) is 11.5. The smallest absolute Gasteiger partial charge is 0.192 e. The molecule has 29 heavy (non-hydrogen) atoms. The second-order valence-electron chi connectivity index (χ2n) is 7.17. The standard InChI is InChI=1S/C22H21BrFN3OS/c23-16-12-10-15(11-13-16)20(28)14-29-22-26-25-21(18-8-4-5-9-19(18)24)27(22)17-6-2-1-3-7-17/h4-5,8-13,17H,1-3,6-7,14H2. The van der Waals surface area contributed by atoms with Gasteiger partial charge in [-0.1, -0.05) is 71.2 Å². The Morgan fingerprint density at radius 2 is 1.79 bits per heavy atom. The lowest BCUT2D eigenvalue weighted by Crippen LogP contribution is -2.16. The molecule has 0 amide bonds. The summed E-state index contributed by atoms with van der Waals surface area (Å²) >= 11 is 4.76. The van der Waals surface area contributed by atoms with Crippen molar-refractivity contribution >= 4 is 33.5 Å². The molecule has 1 fully saturated rings. The highest BCUT2D eigenvalue weighted by molar-refractivity contribution is 9.10. The first-order chi connectivity index (χ1) is 14.1. The molecule has 1 aromatic heterocycles. The Morgan fingerprint density at radius 3 is 2.52 bits per heavy atom. The largest absolute Gasteiger partial charge is 0.299 e. The molecule has 1 aliphatic carbocycles. The molecule has 0 N–H and O–H groups in total. The third-order valence-corrected chi connectivity index (χ3v) is 6.69. The van der Waals surface area contributed by atoms with E-state index in [1.165, 1.54) is 24.2 Å². The molecule has 0 spiro atoms. The van der Waals surface area contributed by atoms with Crippen molar-refractivity contribution in [2.24, 2.45) is 0 Å². The van der Waals surface area contributed by atoms with Crippen LogP contribution in [0.25, 0.3) is 11.4 Å². The van der Waals surface area contributed by atoms with Gasteiger partial charge in [0.25, 0.3) is 0 Å². The van der Waals surface area contributed by atoms with Crippen LogP contribution in [0.4, 0.5) is 4.39 Å². The van der Waals surface area contributed by atoms with Crippen LogP contribution in [-0.4, -0.2) is 26.3 Å². The maximum atomic E-state index is 14.5. The summed E-state index contributed by atoms with van der Waals surface area (Å²) in [5, 5.41) is 9.34. The molecule has 3 aromatic rings. The number of Topliss-reactive ketones (excluding diaryl/α,β-unsaturated/α-hetero) is 1. The van der Waals surface area contributed by atoms with Gasteiger partial charge in [0.1, 0.15) is 5.82 Å². The van der Waals surface area contributed by atoms with Gasteiger partial charge < -0.3 is 0 Å². The SMILES string of the molecule is O=C(CSc1nnc(-c2ccccc2F)n1C1CCCCC1)c1ccc(Br)cc1. The van der Waals surface area contributed by atoms with Crippen LogP contribution < -0.4 is 0 Å². The van der Waals surface area contributed by atoms with Gasteiger partial charge in [-0.15, -0.1) is 10.2 Å². The molecule has 0 atom stereocenters. The summed E-state index contributed by atoms with van der Waals surface area (Å²) in [4.78, 5) is 12.6. The number of rotatable bonds is 6. The fourth-order valence-electron chi connectivity index (χ4n) is 3.72. The van der Waals surface area contributed by atoms with Crippen LogP contribution in [0.2, 0.25) is 0 Å². The average molecular weight is 474 g/mol. The van der Waals surface area contributed by atoms with Gasteiger partial charge >= 0.3 is 0 Å². The van der Waals surface area contributed by atoms with Gasteiger partial charge in [-0.3, -0.25) is 9.36 Å². The predicted molar refractivity (Wildman–Crippen MR) is 117 cm³/mol. The molecular weight excluding hydrogens is 453 g/mol. The Kier molecular flexibility index (Phi) is 6.45. The summed E-state index contributed by atoms with van der Waals surface area (Å²) < 4.78 is 17.4. The second-order valence-corrected chi connectivity index (χ2v) is 9.02. The van der Waals surface area contributed by atoms with Crippen molar-refractivity contribution in [1.29, 1.82) is 0 Å². The Bertz CT molecular complexity index is 1000. The Labute approximate surface area is 182 Å². The van der Waals surface area contributed by atoms with Crippen molar-refractivity contribution in [1.82, 2.24) is 14.8 Å². The first-order valence-electron chi connectivity index (χ1n) is 9.75. The van der Waals surface area contributed by atoms with Gasteiger partial charge in [-0.05, 0) is 37.1 Å². The molecule has 0 aliphatic heterocycles. The normalized spacial score (nSPS) is 14.8. The monoisotopic (exact) mass is 473 g/mol. The van der Waals surface area contributed by atoms with Crippen LogP contribution in [0.3, 0.4) is 0 Å². The second kappa shape index (κ2) is 9.22. The molecule has 150 valence electrons. The molecule has 1 saturated carbocycles. The number of carbonyl (C=O) groups is 1. The van der Waals surface area contributed by atoms with E-state index < -0.39 is 0 Å². The lowest BCUT2D eigenvalue weighted by molar-refractivity contribution is 0.102. The van der Waals surface area contributed by atoms with Crippen molar-refractivity contribution in [2.45, 2.75) is 43.3 Å². The van der Waals surface area contributed by atoms with E-state index in [0.717, 1.165) is 30.2 Å². The summed E-state index contributed by atoms with van der Waals surface area (Å²) in [5.74, 6) is 0.546. The third kappa shape index (κ3) is 4.61. The summed E-state index contributed by atoms with van der Waals surface area (Å²) in [6.45, 7) is 0. The maximum absolute atomic E-state index is 14.5. The minimum Gasteiger partial charge on any atom is -0.299 e. The number of hydrogen-bond donors (Lipinski definition) is 0. The van der Waals surface area contributed by atoms with E-state index in [4.69, 9.17) is 0 Å². The quantitative estimate of drug-likeness (QED) is 0.310. The number of ketones is 1. The molecule has 0 radical (unpaired) electrons. The molecule has 0 bridgehead atoms. The number of hydrogen-bond acceptors (Lipinski definition) is 4. The third-order valence-electron chi connectivity index (χ3n) is 5.22. The molecule has 0 unspecified atom stereocenters. The van der Waals surface area contributed by atoms with Gasteiger partial charge in [0.05, 0.1) is 11.3 Å². The molecule has 2 aromatic carbocycles. The summed E-state index contributed by atoms with van der Waals surface area (Å²) in [6.07, 6.45) is 5.54. The highest BCUT2D eigenvalue weighted by Gasteiger charge is 2.25. The Morgan fingerprint density at radius 1 is 1.07 bits per heavy atom. The van der Waals surface area contributed by atoms with Crippen molar-refractivity contribution in [3.8, 4) is 11.4 Å². The van der Waals surface area contributed by atoms with Crippen LogP contribution in [0.1, 0.15) is 48.5 Å². The number of halogens is 2. The van der Waals surface area contributed by atoms with Crippen molar-refractivity contribution in [2.75, 3.05) is 5.75 Å². The van der Waals surface area contributed by atoms with Gasteiger partial charge in [-0.2, -0.15) is 0 Å².